The SMILES string of the molecule is CC1(C)CCN(c2ccc(F)cc2C(N)=NO)C1. The van der Waals surface area contributed by atoms with Crippen LogP contribution in [0.15, 0.2) is 23.4 Å². The maximum absolute atomic E-state index is 13.3. The van der Waals surface area contributed by atoms with Crippen LogP contribution in [-0.2, 0) is 0 Å². The van der Waals surface area contributed by atoms with E-state index in [0.29, 0.717) is 5.56 Å². The third kappa shape index (κ3) is 2.39. The molecule has 0 aliphatic carbocycles. The van der Waals surface area contributed by atoms with Gasteiger partial charge in [-0.3, -0.25) is 0 Å². The van der Waals surface area contributed by atoms with Gasteiger partial charge in [0.1, 0.15) is 5.82 Å². The summed E-state index contributed by atoms with van der Waals surface area (Å²) >= 11 is 0. The van der Waals surface area contributed by atoms with Crippen LogP contribution in [0.1, 0.15) is 25.8 Å². The average molecular weight is 251 g/mol. The van der Waals surface area contributed by atoms with Crippen LogP contribution in [0.4, 0.5) is 10.1 Å². The van der Waals surface area contributed by atoms with Gasteiger partial charge in [0.2, 0.25) is 0 Å². The number of hydrogen-bond acceptors (Lipinski definition) is 3. The Morgan fingerprint density at radius 1 is 1.50 bits per heavy atom. The molecule has 0 amide bonds. The molecule has 18 heavy (non-hydrogen) atoms. The normalized spacial score (nSPS) is 19.3. The minimum atomic E-state index is -0.390. The molecule has 0 bridgehead atoms. The summed E-state index contributed by atoms with van der Waals surface area (Å²) in [6.45, 7) is 6.16. The van der Waals surface area contributed by atoms with Gasteiger partial charge in [-0.15, -0.1) is 0 Å². The van der Waals surface area contributed by atoms with Crippen molar-refractivity contribution in [2.24, 2.45) is 16.3 Å². The summed E-state index contributed by atoms with van der Waals surface area (Å²) in [6.07, 6.45) is 1.07. The van der Waals surface area contributed by atoms with Gasteiger partial charge in [0.15, 0.2) is 5.84 Å². The highest BCUT2D eigenvalue weighted by Gasteiger charge is 2.30. The third-order valence-corrected chi connectivity index (χ3v) is 3.36. The van der Waals surface area contributed by atoms with E-state index in [4.69, 9.17) is 10.9 Å². The minimum absolute atomic E-state index is 0.0609. The summed E-state index contributed by atoms with van der Waals surface area (Å²) in [5, 5.41) is 11.7. The Hall–Kier alpha value is -1.78. The largest absolute Gasteiger partial charge is 0.409 e. The van der Waals surface area contributed by atoms with Crippen LogP contribution < -0.4 is 10.6 Å². The van der Waals surface area contributed by atoms with Gasteiger partial charge in [-0.1, -0.05) is 19.0 Å². The number of anilines is 1. The molecular formula is C13H18FN3O. The Bertz CT molecular complexity index is 485. The fourth-order valence-electron chi connectivity index (χ4n) is 2.36. The number of nitrogens with two attached hydrogens (primary N) is 1. The van der Waals surface area contributed by atoms with E-state index in [1.165, 1.54) is 12.1 Å². The monoisotopic (exact) mass is 251 g/mol. The van der Waals surface area contributed by atoms with Crippen molar-refractivity contribution in [1.82, 2.24) is 0 Å². The molecule has 1 aliphatic heterocycles. The molecule has 1 fully saturated rings. The zero-order valence-corrected chi connectivity index (χ0v) is 10.7. The minimum Gasteiger partial charge on any atom is -0.409 e. The predicted octanol–water partition coefficient (Wildman–Crippen LogP) is 2.16. The molecule has 1 saturated heterocycles. The van der Waals surface area contributed by atoms with E-state index in [2.05, 4.69) is 23.9 Å². The van der Waals surface area contributed by atoms with Crippen molar-refractivity contribution >= 4 is 11.5 Å². The quantitative estimate of drug-likeness (QED) is 0.366. The van der Waals surface area contributed by atoms with Crippen molar-refractivity contribution in [2.45, 2.75) is 20.3 Å². The van der Waals surface area contributed by atoms with E-state index in [9.17, 15) is 4.39 Å². The Labute approximate surface area is 106 Å². The molecule has 5 heteroatoms. The topological polar surface area (TPSA) is 61.8 Å². The molecule has 3 N–H and O–H groups in total. The second kappa shape index (κ2) is 4.48. The van der Waals surface area contributed by atoms with Crippen molar-refractivity contribution in [2.75, 3.05) is 18.0 Å². The summed E-state index contributed by atoms with van der Waals surface area (Å²) in [6, 6.07) is 4.38. The average Bonchev–Trinajstić information content (AvgIpc) is 2.68. The van der Waals surface area contributed by atoms with Gasteiger partial charge in [0.05, 0.1) is 0 Å². The first-order valence-corrected chi connectivity index (χ1v) is 5.95. The number of halogens is 1. The summed E-state index contributed by atoms with van der Waals surface area (Å²) < 4.78 is 13.3. The van der Waals surface area contributed by atoms with Gasteiger partial charge in [0.25, 0.3) is 0 Å². The van der Waals surface area contributed by atoms with Crippen LogP contribution in [0, 0.1) is 11.2 Å². The van der Waals surface area contributed by atoms with Crippen LogP contribution >= 0.6 is 0 Å². The fraction of sp³-hybridized carbons (Fsp3) is 0.462. The lowest BCUT2D eigenvalue weighted by atomic mass is 9.93. The molecule has 1 aromatic rings. The Morgan fingerprint density at radius 3 is 2.78 bits per heavy atom. The van der Waals surface area contributed by atoms with E-state index >= 15 is 0 Å². The molecule has 0 radical (unpaired) electrons. The van der Waals surface area contributed by atoms with Crippen molar-refractivity contribution in [3.8, 4) is 0 Å². The molecular weight excluding hydrogens is 233 g/mol. The number of amidine groups is 1. The number of oxime groups is 1. The standard InChI is InChI=1S/C13H18FN3O/c1-13(2)5-6-17(8-13)11-4-3-9(14)7-10(11)12(15)16-18/h3-4,7,18H,5-6,8H2,1-2H3,(H2,15,16). The second-order valence-electron chi connectivity index (χ2n) is 5.48. The molecule has 0 spiro atoms. The Morgan fingerprint density at radius 2 is 2.22 bits per heavy atom. The van der Waals surface area contributed by atoms with Gasteiger partial charge in [-0.05, 0) is 30.0 Å². The lowest BCUT2D eigenvalue weighted by Gasteiger charge is -2.23. The van der Waals surface area contributed by atoms with Crippen molar-refractivity contribution in [3.05, 3.63) is 29.6 Å². The summed E-state index contributed by atoms with van der Waals surface area (Å²) in [7, 11) is 0. The van der Waals surface area contributed by atoms with E-state index < -0.39 is 0 Å². The molecule has 0 saturated carbocycles. The third-order valence-electron chi connectivity index (χ3n) is 3.36. The van der Waals surface area contributed by atoms with Gasteiger partial charge < -0.3 is 15.8 Å². The summed E-state index contributed by atoms with van der Waals surface area (Å²) in [4.78, 5) is 2.15. The zero-order valence-electron chi connectivity index (χ0n) is 10.7. The van der Waals surface area contributed by atoms with Crippen molar-refractivity contribution in [1.29, 1.82) is 0 Å². The van der Waals surface area contributed by atoms with E-state index in [1.54, 1.807) is 6.07 Å². The predicted molar refractivity (Wildman–Crippen MR) is 69.5 cm³/mol. The van der Waals surface area contributed by atoms with Crippen LogP contribution in [-0.4, -0.2) is 24.1 Å². The fourth-order valence-corrected chi connectivity index (χ4v) is 2.36. The molecule has 0 unspecified atom stereocenters. The van der Waals surface area contributed by atoms with Crippen LogP contribution in [0.5, 0.6) is 0 Å². The molecule has 1 heterocycles. The van der Waals surface area contributed by atoms with Crippen molar-refractivity contribution in [3.63, 3.8) is 0 Å². The lowest BCUT2D eigenvalue weighted by Crippen LogP contribution is -2.26. The molecule has 1 aromatic carbocycles. The molecule has 2 rings (SSSR count). The maximum Gasteiger partial charge on any atom is 0.172 e. The van der Waals surface area contributed by atoms with Gasteiger partial charge in [-0.25, -0.2) is 4.39 Å². The number of rotatable bonds is 2. The highest BCUT2D eigenvalue weighted by atomic mass is 19.1. The van der Waals surface area contributed by atoms with Crippen molar-refractivity contribution < 1.29 is 9.60 Å². The van der Waals surface area contributed by atoms with Gasteiger partial charge >= 0.3 is 0 Å². The van der Waals surface area contributed by atoms with Crippen LogP contribution in [0.3, 0.4) is 0 Å². The second-order valence-corrected chi connectivity index (χ2v) is 5.48. The molecule has 98 valence electrons. The first-order valence-electron chi connectivity index (χ1n) is 5.95. The summed E-state index contributed by atoms with van der Waals surface area (Å²) in [5.41, 5.74) is 7.10. The first-order chi connectivity index (χ1) is 8.43. The first kappa shape index (κ1) is 12.7. The molecule has 4 nitrogen and oxygen atoms in total. The maximum atomic E-state index is 13.3. The number of nitrogens with zero attached hydrogens (tertiary/aromatic N) is 2. The van der Waals surface area contributed by atoms with E-state index in [1.807, 2.05) is 0 Å². The smallest absolute Gasteiger partial charge is 0.172 e. The highest BCUT2D eigenvalue weighted by molar-refractivity contribution is 6.02. The van der Waals surface area contributed by atoms with E-state index in [0.717, 1.165) is 25.2 Å². The zero-order chi connectivity index (χ0) is 13.3. The summed E-state index contributed by atoms with van der Waals surface area (Å²) in [5.74, 6) is -0.451. The van der Waals surface area contributed by atoms with Gasteiger partial charge in [-0.2, -0.15) is 0 Å². The lowest BCUT2D eigenvalue weighted by molar-refractivity contribution is 0.318. The number of benzene rings is 1. The molecule has 0 aromatic heterocycles. The van der Waals surface area contributed by atoms with Gasteiger partial charge in [0, 0.05) is 24.3 Å². The van der Waals surface area contributed by atoms with Crippen LogP contribution in [0.25, 0.3) is 0 Å². The number of hydrogen-bond donors (Lipinski definition) is 2. The molecule has 1 aliphatic rings. The van der Waals surface area contributed by atoms with E-state index in [-0.39, 0.29) is 17.1 Å². The highest BCUT2D eigenvalue weighted by Crippen LogP contribution is 2.34. The Kier molecular flexibility index (Phi) is 3.15. The Balaban J connectivity index is 2.39. The molecule has 0 atom stereocenters. The van der Waals surface area contributed by atoms with Crippen LogP contribution in [0.2, 0.25) is 0 Å².